The van der Waals surface area contributed by atoms with Crippen LogP contribution in [0.2, 0.25) is 0 Å². The number of nitrogens with zero attached hydrogens (tertiary/aromatic N) is 3. The summed E-state index contributed by atoms with van der Waals surface area (Å²) in [4.78, 5) is 17.2. The van der Waals surface area contributed by atoms with Crippen LogP contribution in [0.25, 0.3) is 0 Å². The SMILES string of the molecule is O=[N+]([O-])c1cccnc1N[C@@H]1CCCN(Cc2ccccc2)C1. The highest BCUT2D eigenvalue weighted by molar-refractivity contribution is 5.55. The third kappa shape index (κ3) is 4.04. The summed E-state index contributed by atoms with van der Waals surface area (Å²) in [6, 6.07) is 13.6. The molecule has 1 aromatic carbocycles. The van der Waals surface area contributed by atoms with Crippen LogP contribution in [-0.4, -0.2) is 33.9 Å². The summed E-state index contributed by atoms with van der Waals surface area (Å²) in [5.41, 5.74) is 1.32. The van der Waals surface area contributed by atoms with Gasteiger partial charge in [-0.2, -0.15) is 0 Å². The zero-order valence-electron chi connectivity index (χ0n) is 12.9. The average Bonchev–Trinajstić information content (AvgIpc) is 2.56. The van der Waals surface area contributed by atoms with Gasteiger partial charge in [0.15, 0.2) is 0 Å². The average molecular weight is 312 g/mol. The van der Waals surface area contributed by atoms with Crippen LogP contribution in [0.3, 0.4) is 0 Å². The minimum atomic E-state index is -0.389. The Morgan fingerprint density at radius 2 is 2.09 bits per heavy atom. The monoisotopic (exact) mass is 312 g/mol. The lowest BCUT2D eigenvalue weighted by atomic mass is 10.0. The van der Waals surface area contributed by atoms with E-state index >= 15 is 0 Å². The molecule has 0 radical (unpaired) electrons. The Hall–Kier alpha value is -2.47. The lowest BCUT2D eigenvalue weighted by Crippen LogP contribution is -2.41. The maximum atomic E-state index is 11.1. The second kappa shape index (κ2) is 7.19. The molecule has 0 spiro atoms. The van der Waals surface area contributed by atoms with Crippen LogP contribution < -0.4 is 5.32 Å². The van der Waals surface area contributed by atoms with Gasteiger partial charge in [-0.1, -0.05) is 30.3 Å². The number of rotatable bonds is 5. The second-order valence-corrected chi connectivity index (χ2v) is 5.83. The first-order chi connectivity index (χ1) is 11.2. The largest absolute Gasteiger partial charge is 0.360 e. The van der Waals surface area contributed by atoms with Gasteiger partial charge in [0.1, 0.15) is 0 Å². The molecule has 1 saturated heterocycles. The Labute approximate surface area is 135 Å². The lowest BCUT2D eigenvalue weighted by Gasteiger charge is -2.33. The molecule has 2 heterocycles. The van der Waals surface area contributed by atoms with Crippen LogP contribution in [0.1, 0.15) is 18.4 Å². The van der Waals surface area contributed by atoms with Gasteiger partial charge in [-0.15, -0.1) is 0 Å². The molecule has 0 amide bonds. The lowest BCUT2D eigenvalue weighted by molar-refractivity contribution is -0.384. The number of nitrogens with one attached hydrogen (secondary N) is 1. The molecule has 0 unspecified atom stereocenters. The van der Waals surface area contributed by atoms with Gasteiger partial charge in [0, 0.05) is 31.4 Å². The Kier molecular flexibility index (Phi) is 4.83. The summed E-state index contributed by atoms with van der Waals surface area (Å²) in [7, 11) is 0. The van der Waals surface area contributed by atoms with Crippen molar-refractivity contribution in [2.75, 3.05) is 18.4 Å². The number of anilines is 1. The third-order valence-corrected chi connectivity index (χ3v) is 4.08. The molecular formula is C17H20N4O2. The number of benzene rings is 1. The van der Waals surface area contributed by atoms with Gasteiger partial charge in [-0.25, -0.2) is 4.98 Å². The number of nitro groups is 1. The highest BCUT2D eigenvalue weighted by Gasteiger charge is 2.23. The Morgan fingerprint density at radius 3 is 2.87 bits per heavy atom. The molecule has 0 aliphatic carbocycles. The molecule has 1 atom stereocenters. The van der Waals surface area contributed by atoms with E-state index in [1.165, 1.54) is 11.6 Å². The summed E-state index contributed by atoms with van der Waals surface area (Å²) in [5.74, 6) is 0.365. The Balaban J connectivity index is 1.64. The predicted molar refractivity (Wildman–Crippen MR) is 89.3 cm³/mol. The highest BCUT2D eigenvalue weighted by Crippen LogP contribution is 2.23. The van der Waals surface area contributed by atoms with Crippen molar-refractivity contribution >= 4 is 11.5 Å². The molecule has 1 aliphatic heterocycles. The van der Waals surface area contributed by atoms with E-state index in [2.05, 4.69) is 27.3 Å². The maximum absolute atomic E-state index is 11.1. The number of likely N-dealkylation sites (tertiary alicyclic amines) is 1. The first kappa shape index (κ1) is 15.4. The van der Waals surface area contributed by atoms with E-state index in [-0.39, 0.29) is 16.7 Å². The Bertz CT molecular complexity index is 663. The van der Waals surface area contributed by atoms with Crippen LogP contribution in [0.5, 0.6) is 0 Å². The van der Waals surface area contributed by atoms with E-state index in [0.717, 1.165) is 32.5 Å². The molecule has 0 saturated carbocycles. The summed E-state index contributed by atoms with van der Waals surface area (Å²) in [6.07, 6.45) is 3.66. The zero-order valence-corrected chi connectivity index (χ0v) is 12.9. The smallest absolute Gasteiger partial charge is 0.311 e. The molecule has 3 rings (SSSR count). The van der Waals surface area contributed by atoms with Crippen molar-refractivity contribution in [3.8, 4) is 0 Å². The van der Waals surface area contributed by atoms with Gasteiger partial charge < -0.3 is 5.32 Å². The van der Waals surface area contributed by atoms with Crippen molar-refractivity contribution in [3.05, 3.63) is 64.3 Å². The topological polar surface area (TPSA) is 71.3 Å². The molecule has 1 aliphatic rings. The fraction of sp³-hybridized carbons (Fsp3) is 0.353. The van der Waals surface area contributed by atoms with E-state index in [9.17, 15) is 10.1 Å². The molecular weight excluding hydrogens is 292 g/mol. The zero-order chi connectivity index (χ0) is 16.1. The fourth-order valence-electron chi connectivity index (χ4n) is 3.01. The Morgan fingerprint density at radius 1 is 1.26 bits per heavy atom. The maximum Gasteiger partial charge on any atom is 0.311 e. The van der Waals surface area contributed by atoms with Gasteiger partial charge >= 0.3 is 5.69 Å². The first-order valence-electron chi connectivity index (χ1n) is 7.84. The molecule has 120 valence electrons. The number of piperidine rings is 1. The van der Waals surface area contributed by atoms with Gasteiger partial charge in [0.05, 0.1) is 4.92 Å². The van der Waals surface area contributed by atoms with Crippen molar-refractivity contribution in [1.29, 1.82) is 0 Å². The summed E-state index contributed by atoms with van der Waals surface area (Å²) in [6.45, 7) is 2.82. The number of aromatic nitrogens is 1. The molecule has 1 fully saturated rings. The molecule has 2 aromatic rings. The molecule has 1 aromatic heterocycles. The van der Waals surface area contributed by atoms with E-state index < -0.39 is 0 Å². The third-order valence-electron chi connectivity index (χ3n) is 4.08. The summed E-state index contributed by atoms with van der Waals surface area (Å²) in [5, 5.41) is 14.3. The van der Waals surface area contributed by atoms with E-state index in [1.54, 1.807) is 12.3 Å². The van der Waals surface area contributed by atoms with Crippen molar-refractivity contribution in [2.24, 2.45) is 0 Å². The quantitative estimate of drug-likeness (QED) is 0.678. The first-order valence-corrected chi connectivity index (χ1v) is 7.84. The molecule has 1 N–H and O–H groups in total. The van der Waals surface area contributed by atoms with Crippen molar-refractivity contribution in [2.45, 2.75) is 25.4 Å². The standard InChI is InChI=1S/C17H20N4O2/c22-21(23)16-9-4-10-18-17(16)19-15-8-5-11-20(13-15)12-14-6-2-1-3-7-14/h1-4,6-7,9-10,15H,5,8,11-13H2,(H,18,19)/t15-/m1/s1. The molecule has 6 heteroatoms. The van der Waals surface area contributed by atoms with Gasteiger partial charge in [-0.05, 0) is 31.0 Å². The van der Waals surface area contributed by atoms with Crippen LogP contribution in [-0.2, 0) is 6.54 Å². The fourth-order valence-corrected chi connectivity index (χ4v) is 3.01. The number of hydrogen-bond acceptors (Lipinski definition) is 5. The van der Waals surface area contributed by atoms with Crippen LogP contribution in [0, 0.1) is 10.1 Å². The van der Waals surface area contributed by atoms with Crippen molar-refractivity contribution in [1.82, 2.24) is 9.88 Å². The normalized spacial score (nSPS) is 18.5. The second-order valence-electron chi connectivity index (χ2n) is 5.83. The van der Waals surface area contributed by atoms with Crippen LogP contribution >= 0.6 is 0 Å². The van der Waals surface area contributed by atoms with Gasteiger partial charge in [0.25, 0.3) is 0 Å². The van der Waals surface area contributed by atoms with Crippen LogP contribution in [0.4, 0.5) is 11.5 Å². The highest BCUT2D eigenvalue weighted by atomic mass is 16.6. The minimum Gasteiger partial charge on any atom is -0.360 e. The van der Waals surface area contributed by atoms with E-state index in [1.807, 2.05) is 18.2 Å². The molecule has 6 nitrogen and oxygen atoms in total. The summed E-state index contributed by atoms with van der Waals surface area (Å²) < 4.78 is 0. The molecule has 0 bridgehead atoms. The van der Waals surface area contributed by atoms with Gasteiger partial charge in [-0.3, -0.25) is 15.0 Å². The van der Waals surface area contributed by atoms with Gasteiger partial charge in [0.2, 0.25) is 5.82 Å². The summed E-state index contributed by atoms with van der Waals surface area (Å²) >= 11 is 0. The number of pyridine rings is 1. The van der Waals surface area contributed by atoms with Crippen molar-refractivity contribution < 1.29 is 4.92 Å². The number of hydrogen-bond donors (Lipinski definition) is 1. The predicted octanol–water partition coefficient (Wildman–Crippen LogP) is 3.07. The van der Waals surface area contributed by atoms with Crippen LogP contribution in [0.15, 0.2) is 48.7 Å². The molecule has 23 heavy (non-hydrogen) atoms. The van der Waals surface area contributed by atoms with E-state index in [0.29, 0.717) is 5.82 Å². The minimum absolute atomic E-state index is 0.0349. The van der Waals surface area contributed by atoms with E-state index in [4.69, 9.17) is 0 Å². The van der Waals surface area contributed by atoms with Crippen molar-refractivity contribution in [3.63, 3.8) is 0 Å².